The Kier molecular flexibility index (Phi) is 5.76. The topological polar surface area (TPSA) is 44.8 Å². The smallest absolute Gasteiger partial charge is 0.410 e. The van der Waals surface area contributed by atoms with Crippen LogP contribution in [0.3, 0.4) is 0 Å². The summed E-state index contributed by atoms with van der Waals surface area (Å²) in [6.45, 7) is 6.34. The second-order valence-corrected chi connectivity index (χ2v) is 8.04. The molecule has 3 rings (SSSR count). The van der Waals surface area contributed by atoms with Gasteiger partial charge in [0.1, 0.15) is 5.75 Å². The molecule has 1 aromatic rings. The van der Waals surface area contributed by atoms with Gasteiger partial charge in [-0.1, -0.05) is 45.6 Å². The van der Waals surface area contributed by atoms with Gasteiger partial charge in [0.15, 0.2) is 0 Å². The van der Waals surface area contributed by atoms with Gasteiger partial charge < -0.3 is 15.0 Å². The van der Waals surface area contributed by atoms with E-state index in [1.165, 1.54) is 30.5 Å². The molecule has 1 saturated heterocycles. The Bertz CT molecular complexity index is 648. The molecule has 26 heavy (non-hydrogen) atoms. The third kappa shape index (κ3) is 3.54. The van der Waals surface area contributed by atoms with Crippen molar-refractivity contribution >= 4 is 11.8 Å². The minimum absolute atomic E-state index is 0.151. The van der Waals surface area contributed by atoms with E-state index in [4.69, 9.17) is 4.74 Å². The average molecular weight is 360 g/mol. The summed E-state index contributed by atoms with van der Waals surface area (Å²) in [7, 11) is 4.32. The quantitative estimate of drug-likeness (QED) is 0.744. The molecule has 0 spiro atoms. The number of nitrogens with one attached hydrogen (secondary N) is 1. The van der Waals surface area contributed by atoms with Crippen LogP contribution in [0, 0.1) is 0 Å². The Labute approximate surface area is 157 Å². The van der Waals surface area contributed by atoms with Gasteiger partial charge in [0, 0.05) is 37.3 Å². The zero-order chi connectivity index (χ0) is 18.7. The Morgan fingerprint density at radius 3 is 2.81 bits per heavy atom. The van der Waals surface area contributed by atoms with Crippen molar-refractivity contribution in [1.82, 2.24) is 10.2 Å². The number of likely N-dealkylation sites (tertiary alicyclic amines) is 1. The number of hydrogen-bond donors (Lipinski definition) is 1. The van der Waals surface area contributed by atoms with E-state index in [0.717, 1.165) is 25.8 Å². The molecule has 2 atom stereocenters. The van der Waals surface area contributed by atoms with E-state index in [1.807, 2.05) is 12.1 Å². The highest BCUT2D eigenvalue weighted by Gasteiger charge is 2.52. The average Bonchev–Trinajstić information content (AvgIpc) is 3.03. The van der Waals surface area contributed by atoms with Crippen LogP contribution in [0.1, 0.15) is 57.9 Å². The standard InChI is InChI=1S/C21H33N3O2/c1-5-6-7-8-9-13-22-20(25)26-16-10-11-17-18(15-16)24(4)19-21(17,2)12-14-23(19)3/h10-11,15,19H,5-9,12-14H2,1-4H3,(H,22,25). The lowest BCUT2D eigenvalue weighted by atomic mass is 9.81. The van der Waals surface area contributed by atoms with Gasteiger partial charge in [-0.2, -0.15) is 0 Å². The first-order valence-corrected chi connectivity index (χ1v) is 10.0. The summed E-state index contributed by atoms with van der Waals surface area (Å²) in [5, 5.41) is 2.86. The normalized spacial score (nSPS) is 24.5. The van der Waals surface area contributed by atoms with Crippen molar-refractivity contribution in [2.45, 2.75) is 64.0 Å². The molecule has 2 unspecified atom stereocenters. The lowest BCUT2D eigenvalue weighted by Gasteiger charge is -2.32. The predicted molar refractivity (Wildman–Crippen MR) is 106 cm³/mol. The van der Waals surface area contributed by atoms with E-state index < -0.39 is 0 Å². The van der Waals surface area contributed by atoms with Gasteiger partial charge in [-0.15, -0.1) is 0 Å². The van der Waals surface area contributed by atoms with Gasteiger partial charge in [0.25, 0.3) is 0 Å². The summed E-state index contributed by atoms with van der Waals surface area (Å²) >= 11 is 0. The van der Waals surface area contributed by atoms with E-state index in [1.54, 1.807) is 0 Å². The minimum Gasteiger partial charge on any atom is -0.410 e. The van der Waals surface area contributed by atoms with Gasteiger partial charge in [0.2, 0.25) is 0 Å². The molecular formula is C21H33N3O2. The Morgan fingerprint density at radius 1 is 1.27 bits per heavy atom. The van der Waals surface area contributed by atoms with Crippen LogP contribution in [0.5, 0.6) is 5.75 Å². The second kappa shape index (κ2) is 7.87. The maximum Gasteiger partial charge on any atom is 0.412 e. The summed E-state index contributed by atoms with van der Waals surface area (Å²) in [6.07, 6.45) is 7.08. The SMILES string of the molecule is CCCCCCCNC(=O)Oc1ccc2c(c1)N(C)C1N(C)CCC21C. The van der Waals surface area contributed by atoms with Crippen LogP contribution in [0.4, 0.5) is 10.5 Å². The molecule has 5 heteroatoms. The molecule has 1 N–H and O–H groups in total. The van der Waals surface area contributed by atoms with Gasteiger partial charge in [0.05, 0.1) is 6.17 Å². The number of carbonyl (C=O) groups is 1. The number of rotatable bonds is 7. The summed E-state index contributed by atoms with van der Waals surface area (Å²) in [5.74, 6) is 0.616. The number of amides is 1. The van der Waals surface area contributed by atoms with Crippen molar-refractivity contribution in [2.24, 2.45) is 0 Å². The van der Waals surface area contributed by atoms with Crippen molar-refractivity contribution in [1.29, 1.82) is 0 Å². The van der Waals surface area contributed by atoms with E-state index >= 15 is 0 Å². The molecule has 0 saturated carbocycles. The van der Waals surface area contributed by atoms with Crippen molar-refractivity contribution in [3.63, 3.8) is 0 Å². The third-order valence-corrected chi connectivity index (χ3v) is 6.06. The van der Waals surface area contributed by atoms with Crippen LogP contribution in [0.25, 0.3) is 0 Å². The maximum absolute atomic E-state index is 12.0. The molecule has 2 aliphatic rings. The van der Waals surface area contributed by atoms with E-state index in [9.17, 15) is 4.79 Å². The molecule has 144 valence electrons. The Morgan fingerprint density at radius 2 is 2.04 bits per heavy atom. The fourth-order valence-electron chi connectivity index (χ4n) is 4.69. The van der Waals surface area contributed by atoms with Crippen LogP contribution in [0.2, 0.25) is 0 Å². The van der Waals surface area contributed by atoms with Crippen molar-refractivity contribution in [3.05, 3.63) is 23.8 Å². The van der Waals surface area contributed by atoms with Crippen molar-refractivity contribution in [3.8, 4) is 5.75 Å². The molecule has 2 heterocycles. The first kappa shape index (κ1) is 19.0. The summed E-state index contributed by atoms with van der Waals surface area (Å²) in [5.41, 5.74) is 2.69. The largest absolute Gasteiger partial charge is 0.412 e. The number of ether oxygens (including phenoxy) is 1. The first-order chi connectivity index (χ1) is 12.5. The highest BCUT2D eigenvalue weighted by atomic mass is 16.6. The van der Waals surface area contributed by atoms with Gasteiger partial charge in [-0.05, 0) is 31.5 Å². The number of carbonyl (C=O) groups excluding carboxylic acids is 1. The van der Waals surface area contributed by atoms with Crippen LogP contribution >= 0.6 is 0 Å². The molecule has 0 bridgehead atoms. The van der Waals surface area contributed by atoms with Crippen LogP contribution < -0.4 is 15.0 Å². The number of nitrogens with zero attached hydrogens (tertiary/aromatic N) is 2. The lowest BCUT2D eigenvalue weighted by molar-refractivity contribution is 0.200. The summed E-state index contributed by atoms with van der Waals surface area (Å²) in [4.78, 5) is 16.8. The highest BCUT2D eigenvalue weighted by molar-refractivity contribution is 5.72. The fourth-order valence-corrected chi connectivity index (χ4v) is 4.69. The number of benzene rings is 1. The zero-order valence-electron chi connectivity index (χ0n) is 16.7. The molecule has 5 nitrogen and oxygen atoms in total. The van der Waals surface area contributed by atoms with E-state index in [0.29, 0.717) is 18.5 Å². The number of unbranched alkanes of at least 4 members (excludes halogenated alkanes) is 4. The summed E-state index contributed by atoms with van der Waals surface area (Å²) in [6, 6.07) is 6.07. The molecule has 0 radical (unpaired) electrons. The highest BCUT2D eigenvalue weighted by Crippen LogP contribution is 2.51. The van der Waals surface area contributed by atoms with E-state index in [-0.39, 0.29) is 11.5 Å². The Balaban J connectivity index is 1.57. The third-order valence-electron chi connectivity index (χ3n) is 6.06. The lowest BCUT2D eigenvalue weighted by Crippen LogP contribution is -2.45. The number of fused-ring (bicyclic) bond motifs is 3. The number of anilines is 1. The molecular weight excluding hydrogens is 326 g/mol. The van der Waals surface area contributed by atoms with Gasteiger partial charge in [-0.25, -0.2) is 4.79 Å². The molecule has 1 fully saturated rings. The predicted octanol–water partition coefficient (Wildman–Crippen LogP) is 4.11. The number of likely N-dealkylation sites (N-methyl/N-ethyl adjacent to an activating group) is 2. The molecule has 1 amide bonds. The molecule has 1 aromatic carbocycles. The first-order valence-electron chi connectivity index (χ1n) is 10.0. The minimum atomic E-state index is -0.357. The van der Waals surface area contributed by atoms with Crippen LogP contribution in [0.15, 0.2) is 18.2 Å². The molecule has 2 aliphatic heterocycles. The van der Waals surface area contributed by atoms with Crippen LogP contribution in [-0.4, -0.2) is 44.3 Å². The maximum atomic E-state index is 12.0. The van der Waals surface area contributed by atoms with Crippen molar-refractivity contribution < 1.29 is 9.53 Å². The summed E-state index contributed by atoms with van der Waals surface area (Å²) < 4.78 is 5.51. The van der Waals surface area contributed by atoms with Gasteiger partial charge in [-0.3, -0.25) is 4.90 Å². The Hall–Kier alpha value is -1.75. The molecule has 0 aliphatic carbocycles. The fraction of sp³-hybridized carbons (Fsp3) is 0.667. The monoisotopic (exact) mass is 359 g/mol. The van der Waals surface area contributed by atoms with Crippen LogP contribution in [-0.2, 0) is 5.41 Å². The van der Waals surface area contributed by atoms with E-state index in [2.05, 4.69) is 49.1 Å². The molecule has 0 aromatic heterocycles. The van der Waals surface area contributed by atoms with Crippen molar-refractivity contribution in [2.75, 3.05) is 32.1 Å². The zero-order valence-corrected chi connectivity index (χ0v) is 16.7. The van der Waals surface area contributed by atoms with Gasteiger partial charge >= 0.3 is 6.09 Å². The number of hydrogen-bond acceptors (Lipinski definition) is 4. The second-order valence-electron chi connectivity index (χ2n) is 8.04.